The molecule has 0 aliphatic rings. The minimum Gasteiger partial charge on any atom is -0.310 e. The highest BCUT2D eigenvalue weighted by atomic mass is 35.5. The number of aromatic amines is 1. The fourth-order valence-corrected chi connectivity index (χ4v) is 3.37. The van der Waals surface area contributed by atoms with Crippen molar-refractivity contribution >= 4 is 22.5 Å². The molecule has 168 valence electrons. The molecule has 32 heavy (non-hydrogen) atoms. The van der Waals surface area contributed by atoms with Gasteiger partial charge in [-0.3, -0.25) is 9.78 Å². The van der Waals surface area contributed by atoms with Crippen molar-refractivity contribution < 1.29 is 8.78 Å². The average Bonchev–Trinajstić information content (AvgIpc) is 2.77. The monoisotopic (exact) mass is 457 g/mol. The number of hydrogen-bond donors (Lipinski definition) is 1. The van der Waals surface area contributed by atoms with Crippen LogP contribution in [0.25, 0.3) is 22.2 Å². The summed E-state index contributed by atoms with van der Waals surface area (Å²) in [6.07, 6.45) is 1.95. The number of nitrogens with zero attached hydrogens (tertiary/aromatic N) is 2. The van der Waals surface area contributed by atoms with Gasteiger partial charge in [-0.05, 0) is 48.4 Å². The number of rotatable bonds is 3. The Hall–Kier alpha value is -3.12. The summed E-state index contributed by atoms with van der Waals surface area (Å²) in [5, 5.41) is 0.925. The molecule has 0 atom stereocenters. The maximum Gasteiger partial charge on any atom is 0.258 e. The molecule has 0 amide bonds. The van der Waals surface area contributed by atoms with Gasteiger partial charge in [0, 0.05) is 29.3 Å². The van der Waals surface area contributed by atoms with E-state index >= 15 is 0 Å². The normalized spacial score (nSPS) is 10.1. The lowest BCUT2D eigenvalue weighted by atomic mass is 10.1. The van der Waals surface area contributed by atoms with Gasteiger partial charge in [0.05, 0.1) is 16.6 Å². The Morgan fingerprint density at radius 2 is 1.62 bits per heavy atom. The zero-order chi connectivity index (χ0) is 23.8. The largest absolute Gasteiger partial charge is 0.310 e. The van der Waals surface area contributed by atoms with E-state index in [0.29, 0.717) is 39.4 Å². The molecular weight excluding hydrogens is 432 g/mol. The molecule has 0 unspecified atom stereocenters. The topological polar surface area (TPSA) is 58.6 Å². The number of pyridine rings is 1. The van der Waals surface area contributed by atoms with E-state index in [4.69, 9.17) is 11.6 Å². The summed E-state index contributed by atoms with van der Waals surface area (Å²) >= 11 is 6.01. The minimum atomic E-state index is -0.658. The zero-order valence-electron chi connectivity index (χ0n) is 18.8. The summed E-state index contributed by atoms with van der Waals surface area (Å²) in [7, 11) is 0. The van der Waals surface area contributed by atoms with E-state index in [-0.39, 0.29) is 5.56 Å². The average molecular weight is 458 g/mol. The molecule has 0 fully saturated rings. The van der Waals surface area contributed by atoms with E-state index < -0.39 is 11.6 Å². The Bertz CT molecular complexity index is 1230. The molecule has 4 rings (SSSR count). The third-order valence-corrected chi connectivity index (χ3v) is 4.59. The summed E-state index contributed by atoms with van der Waals surface area (Å²) in [5.41, 5.74) is 2.76. The number of fused-ring (bicyclic) bond motifs is 1. The number of nitrogens with one attached hydrogen (secondary N) is 1. The third-order valence-electron chi connectivity index (χ3n) is 4.37. The van der Waals surface area contributed by atoms with Gasteiger partial charge in [0.1, 0.15) is 17.5 Å². The first-order chi connectivity index (χ1) is 15.4. The van der Waals surface area contributed by atoms with E-state index in [1.54, 1.807) is 30.5 Å². The molecule has 0 saturated carbocycles. The molecule has 0 spiro atoms. The molecule has 0 aliphatic carbocycles. The fourth-order valence-electron chi connectivity index (χ4n) is 3.10. The number of H-pyrrole nitrogens is 1. The second-order valence-corrected chi connectivity index (χ2v) is 6.95. The van der Waals surface area contributed by atoms with Crippen molar-refractivity contribution in [2.45, 2.75) is 41.0 Å². The number of benzene rings is 2. The quantitative estimate of drug-likeness (QED) is 0.365. The standard InChI is InChI=1S/C21H14ClF2N3O.2C2H6/c1-11-4-14(22)8-17-20(11)26-19(27-21(17)28)5-12-2-3-18(25-10-12)13-6-15(23)9-16(24)7-13;2*1-2/h2-4,6-10H,5H2,1H3,(H,26,27,28);2*1-2H3. The molecular formula is C25H26ClF2N3O. The molecule has 2 aromatic carbocycles. The Labute approximate surface area is 191 Å². The Kier molecular flexibility index (Phi) is 9.02. The van der Waals surface area contributed by atoms with Gasteiger partial charge in [-0.25, -0.2) is 13.8 Å². The zero-order valence-corrected chi connectivity index (χ0v) is 19.5. The van der Waals surface area contributed by atoms with E-state index in [9.17, 15) is 13.6 Å². The molecule has 1 N–H and O–H groups in total. The van der Waals surface area contributed by atoms with Crippen molar-refractivity contribution in [1.29, 1.82) is 0 Å². The SMILES string of the molecule is CC.CC.Cc1cc(Cl)cc2c(=O)[nH]c(Cc3ccc(-c4cc(F)cc(F)c4)nc3)nc12. The van der Waals surface area contributed by atoms with E-state index in [1.807, 2.05) is 34.6 Å². The molecule has 2 heterocycles. The van der Waals surface area contributed by atoms with Crippen molar-refractivity contribution in [3.63, 3.8) is 0 Å². The van der Waals surface area contributed by atoms with Crippen LogP contribution in [0, 0.1) is 18.6 Å². The Morgan fingerprint density at radius 1 is 0.969 bits per heavy atom. The molecule has 0 saturated heterocycles. The summed E-state index contributed by atoms with van der Waals surface area (Å²) < 4.78 is 26.8. The minimum absolute atomic E-state index is 0.259. The third kappa shape index (κ3) is 5.98. The van der Waals surface area contributed by atoms with E-state index in [2.05, 4.69) is 15.0 Å². The van der Waals surface area contributed by atoms with Gasteiger partial charge in [-0.2, -0.15) is 0 Å². The van der Waals surface area contributed by atoms with Crippen LogP contribution in [0.2, 0.25) is 5.02 Å². The fraction of sp³-hybridized carbons (Fsp3) is 0.240. The predicted molar refractivity (Wildman–Crippen MR) is 127 cm³/mol. The van der Waals surface area contributed by atoms with Gasteiger partial charge < -0.3 is 4.98 Å². The van der Waals surface area contributed by atoms with Crippen LogP contribution in [-0.2, 0) is 6.42 Å². The van der Waals surface area contributed by atoms with Gasteiger partial charge >= 0.3 is 0 Å². The first kappa shape index (κ1) is 25.1. The second kappa shape index (κ2) is 11.5. The van der Waals surface area contributed by atoms with Crippen LogP contribution in [0.4, 0.5) is 8.78 Å². The van der Waals surface area contributed by atoms with Crippen molar-refractivity contribution in [3.8, 4) is 11.3 Å². The van der Waals surface area contributed by atoms with E-state index in [1.165, 1.54) is 12.1 Å². The second-order valence-electron chi connectivity index (χ2n) is 6.52. The van der Waals surface area contributed by atoms with Crippen LogP contribution in [0.1, 0.15) is 44.6 Å². The highest BCUT2D eigenvalue weighted by Gasteiger charge is 2.10. The summed E-state index contributed by atoms with van der Waals surface area (Å²) in [5.74, 6) is -0.821. The maximum atomic E-state index is 13.4. The van der Waals surface area contributed by atoms with E-state index in [0.717, 1.165) is 17.2 Å². The summed E-state index contributed by atoms with van der Waals surface area (Å²) in [6, 6.07) is 10.1. The number of halogens is 3. The van der Waals surface area contributed by atoms with Gasteiger partial charge in [0.25, 0.3) is 5.56 Å². The Morgan fingerprint density at radius 3 is 2.22 bits per heavy atom. The predicted octanol–water partition coefficient (Wildman–Crippen LogP) is 6.87. The molecule has 7 heteroatoms. The first-order valence-corrected chi connectivity index (χ1v) is 10.9. The van der Waals surface area contributed by atoms with Gasteiger partial charge in [-0.1, -0.05) is 45.4 Å². The lowest BCUT2D eigenvalue weighted by molar-refractivity contribution is 0.584. The molecule has 4 aromatic rings. The molecule has 0 bridgehead atoms. The number of aryl methyl sites for hydroxylation is 1. The van der Waals surface area contributed by atoms with Gasteiger partial charge in [-0.15, -0.1) is 0 Å². The van der Waals surface area contributed by atoms with Crippen molar-refractivity contribution in [1.82, 2.24) is 15.0 Å². The van der Waals surface area contributed by atoms with Crippen molar-refractivity contribution in [2.75, 3.05) is 0 Å². The molecule has 0 aliphatic heterocycles. The summed E-state index contributed by atoms with van der Waals surface area (Å²) in [4.78, 5) is 23.9. The molecule has 4 nitrogen and oxygen atoms in total. The smallest absolute Gasteiger partial charge is 0.258 e. The summed E-state index contributed by atoms with van der Waals surface area (Å²) in [6.45, 7) is 9.85. The van der Waals surface area contributed by atoms with Crippen LogP contribution in [0.5, 0.6) is 0 Å². The van der Waals surface area contributed by atoms with Crippen LogP contribution >= 0.6 is 11.6 Å². The van der Waals surface area contributed by atoms with Crippen LogP contribution in [0.15, 0.2) is 53.5 Å². The highest BCUT2D eigenvalue weighted by molar-refractivity contribution is 6.31. The number of aromatic nitrogens is 3. The van der Waals surface area contributed by atoms with Gasteiger partial charge in [0.2, 0.25) is 0 Å². The van der Waals surface area contributed by atoms with Crippen molar-refractivity contribution in [3.05, 3.63) is 92.6 Å². The molecule has 0 radical (unpaired) electrons. The molecule has 2 aromatic heterocycles. The lowest BCUT2D eigenvalue weighted by Gasteiger charge is -2.07. The van der Waals surface area contributed by atoms with Crippen LogP contribution < -0.4 is 5.56 Å². The maximum absolute atomic E-state index is 13.4. The van der Waals surface area contributed by atoms with Crippen LogP contribution in [0.3, 0.4) is 0 Å². The van der Waals surface area contributed by atoms with Gasteiger partial charge in [0.15, 0.2) is 0 Å². The Balaban J connectivity index is 0.000000860. The number of hydrogen-bond acceptors (Lipinski definition) is 3. The highest BCUT2D eigenvalue weighted by Crippen LogP contribution is 2.22. The lowest BCUT2D eigenvalue weighted by Crippen LogP contribution is -2.13. The first-order valence-electron chi connectivity index (χ1n) is 10.5. The van der Waals surface area contributed by atoms with Crippen molar-refractivity contribution in [2.24, 2.45) is 0 Å². The van der Waals surface area contributed by atoms with Crippen LogP contribution in [-0.4, -0.2) is 15.0 Å².